The van der Waals surface area contributed by atoms with Gasteiger partial charge in [-0.15, -0.1) is 0 Å². The van der Waals surface area contributed by atoms with Crippen LogP contribution in [-0.2, 0) is 4.79 Å². The predicted octanol–water partition coefficient (Wildman–Crippen LogP) is 3.02. The molecule has 0 aliphatic rings. The van der Waals surface area contributed by atoms with Gasteiger partial charge >= 0.3 is 0 Å². The van der Waals surface area contributed by atoms with E-state index in [1.54, 1.807) is 31.4 Å². The first-order chi connectivity index (χ1) is 10.1. The third kappa shape index (κ3) is 4.17. The van der Waals surface area contributed by atoms with Gasteiger partial charge < -0.3 is 15.4 Å². The molecule has 1 amide bonds. The SMILES string of the molecule is COc1ccc(NCC(=O)Nc2ccc(F)c(F)c2)cc1. The quantitative estimate of drug-likeness (QED) is 0.890. The molecule has 2 N–H and O–H groups in total. The van der Waals surface area contributed by atoms with Crippen LogP contribution in [0.2, 0.25) is 0 Å². The van der Waals surface area contributed by atoms with E-state index in [1.807, 2.05) is 0 Å². The largest absolute Gasteiger partial charge is 0.497 e. The number of carbonyl (C=O) groups excluding carboxylic acids is 1. The molecule has 110 valence electrons. The van der Waals surface area contributed by atoms with Crippen molar-refractivity contribution in [3.8, 4) is 5.75 Å². The normalized spacial score (nSPS) is 10.0. The third-order valence-corrected chi connectivity index (χ3v) is 2.75. The first-order valence-corrected chi connectivity index (χ1v) is 6.21. The maximum Gasteiger partial charge on any atom is 0.243 e. The summed E-state index contributed by atoms with van der Waals surface area (Å²) in [6, 6.07) is 10.2. The minimum absolute atomic E-state index is 0.00528. The van der Waals surface area contributed by atoms with Gasteiger partial charge in [-0.2, -0.15) is 0 Å². The Morgan fingerprint density at radius 2 is 1.71 bits per heavy atom. The van der Waals surface area contributed by atoms with Crippen LogP contribution in [0.5, 0.6) is 5.75 Å². The Hall–Kier alpha value is -2.63. The summed E-state index contributed by atoms with van der Waals surface area (Å²) >= 11 is 0. The van der Waals surface area contributed by atoms with E-state index in [2.05, 4.69) is 10.6 Å². The van der Waals surface area contributed by atoms with Gasteiger partial charge in [-0.25, -0.2) is 8.78 Å². The molecule has 0 fully saturated rings. The average Bonchev–Trinajstić information content (AvgIpc) is 2.49. The molecule has 0 unspecified atom stereocenters. The lowest BCUT2D eigenvalue weighted by atomic mass is 10.3. The summed E-state index contributed by atoms with van der Waals surface area (Å²) in [6.07, 6.45) is 0. The van der Waals surface area contributed by atoms with E-state index in [1.165, 1.54) is 6.07 Å². The van der Waals surface area contributed by atoms with E-state index in [9.17, 15) is 13.6 Å². The summed E-state index contributed by atoms with van der Waals surface area (Å²) in [5, 5.41) is 5.38. The highest BCUT2D eigenvalue weighted by atomic mass is 19.2. The molecule has 2 aromatic carbocycles. The monoisotopic (exact) mass is 292 g/mol. The van der Waals surface area contributed by atoms with E-state index < -0.39 is 11.6 Å². The number of ether oxygens (including phenoxy) is 1. The number of methoxy groups -OCH3 is 1. The number of anilines is 2. The smallest absolute Gasteiger partial charge is 0.243 e. The van der Waals surface area contributed by atoms with Crippen LogP contribution in [0, 0.1) is 11.6 Å². The van der Waals surface area contributed by atoms with Gasteiger partial charge in [0.25, 0.3) is 0 Å². The molecule has 2 rings (SSSR count). The van der Waals surface area contributed by atoms with Crippen LogP contribution >= 0.6 is 0 Å². The van der Waals surface area contributed by atoms with E-state index in [0.717, 1.165) is 17.8 Å². The molecule has 0 aromatic heterocycles. The summed E-state index contributed by atoms with van der Waals surface area (Å²) in [4.78, 5) is 11.7. The number of halogens is 2. The maximum atomic E-state index is 13.0. The fraction of sp³-hybridized carbons (Fsp3) is 0.133. The summed E-state index contributed by atoms with van der Waals surface area (Å²) in [6.45, 7) is 0.00528. The Labute approximate surface area is 120 Å². The Balaban J connectivity index is 1.87. The van der Waals surface area contributed by atoms with Crippen molar-refractivity contribution < 1.29 is 18.3 Å². The number of nitrogens with one attached hydrogen (secondary N) is 2. The maximum absolute atomic E-state index is 13.0. The van der Waals surface area contributed by atoms with E-state index in [-0.39, 0.29) is 18.1 Å². The van der Waals surface area contributed by atoms with Crippen molar-refractivity contribution in [2.24, 2.45) is 0 Å². The van der Waals surface area contributed by atoms with Crippen LogP contribution in [0.25, 0.3) is 0 Å². The molecule has 0 aliphatic heterocycles. The van der Waals surface area contributed by atoms with Crippen molar-refractivity contribution in [2.45, 2.75) is 0 Å². The van der Waals surface area contributed by atoms with Crippen LogP contribution in [0.15, 0.2) is 42.5 Å². The van der Waals surface area contributed by atoms with Gasteiger partial charge in [-0.05, 0) is 36.4 Å². The van der Waals surface area contributed by atoms with Crippen LogP contribution in [0.3, 0.4) is 0 Å². The Morgan fingerprint density at radius 1 is 1.05 bits per heavy atom. The molecule has 4 nitrogen and oxygen atoms in total. The average molecular weight is 292 g/mol. The second-order valence-corrected chi connectivity index (χ2v) is 4.26. The lowest BCUT2D eigenvalue weighted by molar-refractivity contribution is -0.114. The van der Waals surface area contributed by atoms with E-state index in [4.69, 9.17) is 4.74 Å². The highest BCUT2D eigenvalue weighted by molar-refractivity contribution is 5.93. The molecular formula is C15H14F2N2O2. The summed E-state index contributed by atoms with van der Waals surface area (Å²) in [7, 11) is 1.57. The van der Waals surface area contributed by atoms with Crippen molar-refractivity contribution in [1.29, 1.82) is 0 Å². The lowest BCUT2D eigenvalue weighted by Crippen LogP contribution is -2.21. The van der Waals surface area contributed by atoms with Gasteiger partial charge in [-0.3, -0.25) is 4.79 Å². The van der Waals surface area contributed by atoms with E-state index in [0.29, 0.717) is 5.75 Å². The molecule has 0 heterocycles. The standard InChI is InChI=1S/C15H14F2N2O2/c1-21-12-5-2-10(3-6-12)18-9-15(20)19-11-4-7-13(16)14(17)8-11/h2-8,18H,9H2,1H3,(H,19,20). The van der Waals surface area contributed by atoms with Crippen molar-refractivity contribution in [3.63, 3.8) is 0 Å². The number of hydrogen-bond acceptors (Lipinski definition) is 3. The molecule has 0 radical (unpaired) electrons. The topological polar surface area (TPSA) is 50.4 Å². The minimum Gasteiger partial charge on any atom is -0.497 e. The number of hydrogen-bond donors (Lipinski definition) is 2. The Bertz CT molecular complexity index is 630. The fourth-order valence-corrected chi connectivity index (χ4v) is 1.67. The zero-order valence-corrected chi connectivity index (χ0v) is 11.3. The van der Waals surface area contributed by atoms with Crippen molar-refractivity contribution in [1.82, 2.24) is 0 Å². The first kappa shape index (κ1) is 14.8. The van der Waals surface area contributed by atoms with Crippen LogP contribution in [0.4, 0.5) is 20.2 Å². The second kappa shape index (κ2) is 6.69. The van der Waals surface area contributed by atoms with Crippen LogP contribution < -0.4 is 15.4 Å². The highest BCUT2D eigenvalue weighted by Crippen LogP contribution is 2.15. The summed E-state index contributed by atoms with van der Waals surface area (Å²) < 4.78 is 30.8. The molecule has 0 saturated heterocycles. The van der Waals surface area contributed by atoms with Gasteiger partial charge in [0.05, 0.1) is 13.7 Å². The van der Waals surface area contributed by atoms with Gasteiger partial charge in [0.15, 0.2) is 11.6 Å². The molecule has 2 aromatic rings. The number of benzene rings is 2. The van der Waals surface area contributed by atoms with Gasteiger partial charge in [0.1, 0.15) is 5.75 Å². The molecular weight excluding hydrogens is 278 g/mol. The predicted molar refractivity (Wildman–Crippen MR) is 76.5 cm³/mol. The summed E-state index contributed by atoms with van der Waals surface area (Å²) in [5.41, 5.74) is 0.951. The molecule has 6 heteroatoms. The van der Waals surface area contributed by atoms with Crippen molar-refractivity contribution in [2.75, 3.05) is 24.3 Å². The zero-order chi connectivity index (χ0) is 15.2. The van der Waals surface area contributed by atoms with Gasteiger partial charge in [0.2, 0.25) is 5.91 Å². The molecule has 21 heavy (non-hydrogen) atoms. The van der Waals surface area contributed by atoms with Gasteiger partial charge in [0, 0.05) is 17.4 Å². The first-order valence-electron chi connectivity index (χ1n) is 6.21. The highest BCUT2D eigenvalue weighted by Gasteiger charge is 2.06. The van der Waals surface area contributed by atoms with Crippen LogP contribution in [0.1, 0.15) is 0 Å². The minimum atomic E-state index is -1.00. The van der Waals surface area contributed by atoms with Crippen molar-refractivity contribution in [3.05, 3.63) is 54.1 Å². The molecule has 0 atom stereocenters. The Morgan fingerprint density at radius 3 is 2.33 bits per heavy atom. The molecule has 0 saturated carbocycles. The number of carbonyl (C=O) groups is 1. The second-order valence-electron chi connectivity index (χ2n) is 4.26. The van der Waals surface area contributed by atoms with Crippen molar-refractivity contribution >= 4 is 17.3 Å². The number of rotatable bonds is 5. The zero-order valence-electron chi connectivity index (χ0n) is 11.3. The molecule has 0 aliphatic carbocycles. The summed E-state index contributed by atoms with van der Waals surface area (Å²) in [5.74, 6) is -1.61. The Kier molecular flexibility index (Phi) is 4.71. The third-order valence-electron chi connectivity index (χ3n) is 2.75. The van der Waals surface area contributed by atoms with Gasteiger partial charge in [-0.1, -0.05) is 0 Å². The number of amides is 1. The van der Waals surface area contributed by atoms with E-state index >= 15 is 0 Å². The molecule has 0 bridgehead atoms. The van der Waals surface area contributed by atoms with Crippen LogP contribution in [-0.4, -0.2) is 19.6 Å². The lowest BCUT2D eigenvalue weighted by Gasteiger charge is -2.08. The molecule has 0 spiro atoms. The fourth-order valence-electron chi connectivity index (χ4n) is 1.67.